The highest BCUT2D eigenvalue weighted by molar-refractivity contribution is 5.78. The van der Waals surface area contributed by atoms with Crippen molar-refractivity contribution in [3.05, 3.63) is 60.2 Å². The third-order valence-electron chi connectivity index (χ3n) is 6.55. The van der Waals surface area contributed by atoms with E-state index >= 15 is 0 Å². The van der Waals surface area contributed by atoms with Crippen LogP contribution < -0.4 is 15.0 Å². The molecule has 1 aromatic carbocycles. The van der Waals surface area contributed by atoms with E-state index in [4.69, 9.17) is 0 Å². The minimum absolute atomic E-state index is 0.116. The average molecular weight is 454 g/mol. The molecule has 0 spiro atoms. The zero-order valence-electron chi connectivity index (χ0n) is 18.7. The minimum Gasteiger partial charge on any atom is -0.435 e. The quantitative estimate of drug-likeness (QED) is 0.638. The predicted octanol–water partition coefficient (Wildman–Crippen LogP) is 5.02. The molecule has 0 amide bonds. The van der Waals surface area contributed by atoms with Gasteiger partial charge in [0.2, 0.25) is 0 Å². The van der Waals surface area contributed by atoms with E-state index in [1.165, 1.54) is 18.4 Å². The summed E-state index contributed by atoms with van der Waals surface area (Å²) in [5, 5.41) is 3.28. The van der Waals surface area contributed by atoms with Crippen LogP contribution in [0, 0.1) is 0 Å². The first-order valence-corrected chi connectivity index (χ1v) is 11.6. The van der Waals surface area contributed by atoms with Crippen LogP contribution in [-0.2, 0) is 0 Å². The number of nitrogens with zero attached hydrogens (tertiary/aromatic N) is 4. The molecule has 174 valence electrons. The highest BCUT2D eigenvalue weighted by atomic mass is 19.3. The van der Waals surface area contributed by atoms with Crippen molar-refractivity contribution in [1.29, 1.82) is 0 Å². The first-order chi connectivity index (χ1) is 16.1. The molecule has 2 aliphatic heterocycles. The van der Waals surface area contributed by atoms with Crippen molar-refractivity contribution in [3.8, 4) is 5.75 Å². The summed E-state index contributed by atoms with van der Waals surface area (Å²) in [6.45, 7) is 1.03. The summed E-state index contributed by atoms with van der Waals surface area (Å²) in [7, 11) is 0. The summed E-state index contributed by atoms with van der Waals surface area (Å²) in [6, 6.07) is 9.38. The van der Waals surface area contributed by atoms with Gasteiger partial charge < -0.3 is 19.9 Å². The Morgan fingerprint density at radius 1 is 1.09 bits per heavy atom. The number of allylic oxidation sites excluding steroid dienone is 1. The second-order valence-corrected chi connectivity index (χ2v) is 8.86. The van der Waals surface area contributed by atoms with Gasteiger partial charge in [-0.05, 0) is 74.4 Å². The summed E-state index contributed by atoms with van der Waals surface area (Å²) in [5.74, 6) is 0.742. The second kappa shape index (κ2) is 9.37. The Balaban J connectivity index is 1.40. The van der Waals surface area contributed by atoms with Gasteiger partial charge in [0.25, 0.3) is 0 Å². The lowest BCUT2D eigenvalue weighted by molar-refractivity contribution is -0.0498. The summed E-state index contributed by atoms with van der Waals surface area (Å²) in [4.78, 5) is 13.6. The average Bonchev–Trinajstić information content (AvgIpc) is 3.67. The molecule has 0 bridgehead atoms. The van der Waals surface area contributed by atoms with Crippen molar-refractivity contribution >= 4 is 17.6 Å². The Morgan fingerprint density at radius 2 is 1.85 bits per heavy atom. The van der Waals surface area contributed by atoms with E-state index in [0.29, 0.717) is 5.92 Å². The number of anilines is 2. The number of hydrogen-bond donors (Lipinski definition) is 1. The number of benzene rings is 1. The molecule has 1 aromatic heterocycles. The molecular weight excluding hydrogens is 424 g/mol. The number of alkyl halides is 2. The van der Waals surface area contributed by atoms with Crippen LogP contribution in [0.4, 0.5) is 20.2 Å². The zero-order valence-corrected chi connectivity index (χ0v) is 18.7. The largest absolute Gasteiger partial charge is 0.435 e. The highest BCUT2D eigenvalue weighted by Gasteiger charge is 2.32. The summed E-state index contributed by atoms with van der Waals surface area (Å²) in [6.07, 6.45) is 12.3. The van der Waals surface area contributed by atoms with Gasteiger partial charge in [0, 0.05) is 43.4 Å². The van der Waals surface area contributed by atoms with Crippen molar-refractivity contribution < 1.29 is 13.5 Å². The molecule has 33 heavy (non-hydrogen) atoms. The van der Waals surface area contributed by atoms with Crippen molar-refractivity contribution in [2.75, 3.05) is 18.0 Å². The Kier molecular flexibility index (Phi) is 6.15. The number of likely N-dealkylation sites (tertiary alicyclic amines) is 1. The SMILES string of the molecule is CC1N=CC(N2CCC(N(c3ccc(OC(F)F)cc3)c3cnccc3C3CC3)CC2)=CN1. The number of ether oxygens (including phenoxy) is 1. The van der Waals surface area contributed by atoms with Gasteiger partial charge >= 0.3 is 6.61 Å². The fourth-order valence-corrected chi connectivity index (χ4v) is 4.70. The van der Waals surface area contributed by atoms with Crippen LogP contribution in [0.15, 0.2) is 59.6 Å². The summed E-state index contributed by atoms with van der Waals surface area (Å²) in [5.41, 5.74) is 4.53. The van der Waals surface area contributed by atoms with E-state index in [1.54, 1.807) is 12.1 Å². The maximum Gasteiger partial charge on any atom is 0.387 e. The fraction of sp³-hybridized carbons (Fsp3) is 0.440. The van der Waals surface area contributed by atoms with Crippen molar-refractivity contribution in [3.63, 3.8) is 0 Å². The third kappa shape index (κ3) is 4.94. The van der Waals surface area contributed by atoms with Gasteiger partial charge in [0.05, 0.1) is 17.6 Å². The van der Waals surface area contributed by atoms with Gasteiger partial charge in [0.15, 0.2) is 0 Å². The Morgan fingerprint density at radius 3 is 2.48 bits per heavy atom. The molecule has 2 aromatic rings. The molecule has 1 atom stereocenters. The first-order valence-electron chi connectivity index (χ1n) is 11.6. The maximum atomic E-state index is 12.6. The number of halogens is 2. The normalized spacial score (nSPS) is 21.0. The molecule has 8 heteroatoms. The van der Waals surface area contributed by atoms with Crippen molar-refractivity contribution in [1.82, 2.24) is 15.2 Å². The molecule has 1 N–H and O–H groups in total. The number of rotatable bonds is 7. The number of pyridine rings is 1. The number of hydrogen-bond acceptors (Lipinski definition) is 6. The van der Waals surface area contributed by atoms with E-state index in [9.17, 15) is 8.78 Å². The lowest BCUT2D eigenvalue weighted by Crippen LogP contribution is -2.44. The third-order valence-corrected chi connectivity index (χ3v) is 6.55. The van der Waals surface area contributed by atoms with E-state index < -0.39 is 6.61 Å². The molecule has 1 saturated carbocycles. The topological polar surface area (TPSA) is 53.0 Å². The Labute approximate surface area is 193 Å². The molecule has 3 aliphatic rings. The standard InChI is InChI=1S/C25H29F2N5O/c1-17-29-14-21(15-30-17)31-12-9-20(10-13-31)32(19-4-6-22(7-5-19)33-25(26)27)24-16-28-11-8-23(24)18-2-3-18/h4-8,11,14-18,20,25,29H,2-3,9-10,12-13H2,1H3. The lowest BCUT2D eigenvalue weighted by Gasteiger charge is -2.41. The summed E-state index contributed by atoms with van der Waals surface area (Å²) < 4.78 is 29.8. The van der Waals surface area contributed by atoms with Crippen LogP contribution in [0.5, 0.6) is 5.75 Å². The van der Waals surface area contributed by atoms with Gasteiger partial charge in [-0.15, -0.1) is 0 Å². The van der Waals surface area contributed by atoms with Crippen LogP contribution in [0.1, 0.15) is 44.1 Å². The van der Waals surface area contributed by atoms with E-state index in [0.717, 1.165) is 43.0 Å². The number of piperidine rings is 1. The van der Waals surface area contributed by atoms with Crippen molar-refractivity contribution in [2.24, 2.45) is 4.99 Å². The van der Waals surface area contributed by atoms with E-state index in [2.05, 4.69) is 35.9 Å². The highest BCUT2D eigenvalue weighted by Crippen LogP contribution is 2.46. The lowest BCUT2D eigenvalue weighted by atomic mass is 9.99. The monoisotopic (exact) mass is 453 g/mol. The molecule has 1 saturated heterocycles. The molecule has 1 aliphatic carbocycles. The van der Waals surface area contributed by atoms with E-state index in [-0.39, 0.29) is 18.0 Å². The van der Waals surface area contributed by atoms with Gasteiger partial charge in [-0.3, -0.25) is 9.98 Å². The van der Waals surface area contributed by atoms with E-state index in [1.807, 2.05) is 43.9 Å². The maximum absolute atomic E-state index is 12.6. The molecule has 5 rings (SSSR count). The molecular formula is C25H29F2N5O. The fourth-order valence-electron chi connectivity index (χ4n) is 4.70. The smallest absolute Gasteiger partial charge is 0.387 e. The zero-order chi connectivity index (χ0) is 22.8. The molecule has 0 radical (unpaired) electrons. The molecule has 3 heterocycles. The minimum atomic E-state index is -2.83. The predicted molar refractivity (Wildman–Crippen MR) is 125 cm³/mol. The number of aromatic nitrogens is 1. The van der Waals surface area contributed by atoms with Crippen molar-refractivity contribution in [2.45, 2.75) is 57.3 Å². The van der Waals surface area contributed by atoms with Gasteiger partial charge in [-0.1, -0.05) is 0 Å². The summed E-state index contributed by atoms with van der Waals surface area (Å²) >= 11 is 0. The second-order valence-electron chi connectivity index (χ2n) is 8.86. The molecule has 6 nitrogen and oxygen atoms in total. The Bertz CT molecular complexity index is 1010. The van der Waals surface area contributed by atoms with Gasteiger partial charge in [-0.2, -0.15) is 8.78 Å². The Hall–Kier alpha value is -3.16. The van der Waals surface area contributed by atoms with Gasteiger partial charge in [-0.25, -0.2) is 0 Å². The molecule has 1 unspecified atom stereocenters. The van der Waals surface area contributed by atoms with Crippen LogP contribution in [0.25, 0.3) is 0 Å². The van der Waals surface area contributed by atoms with Crippen LogP contribution in [0.3, 0.4) is 0 Å². The number of aliphatic imine (C=N–C) groups is 1. The van der Waals surface area contributed by atoms with Crippen LogP contribution in [-0.4, -0.2) is 48.0 Å². The van der Waals surface area contributed by atoms with Gasteiger partial charge in [0.1, 0.15) is 11.9 Å². The van der Waals surface area contributed by atoms with Crippen LogP contribution in [0.2, 0.25) is 0 Å². The number of nitrogens with one attached hydrogen (secondary N) is 1. The van der Waals surface area contributed by atoms with Crippen LogP contribution >= 0.6 is 0 Å². The first kappa shape index (κ1) is 21.7. The molecule has 2 fully saturated rings.